The van der Waals surface area contributed by atoms with Gasteiger partial charge in [0.1, 0.15) is 0 Å². The summed E-state index contributed by atoms with van der Waals surface area (Å²) in [6, 6.07) is 0.609. The first kappa shape index (κ1) is 8.97. The van der Waals surface area contributed by atoms with Crippen LogP contribution in [0.25, 0.3) is 0 Å². The van der Waals surface area contributed by atoms with Crippen molar-refractivity contribution in [1.82, 2.24) is 4.90 Å². The summed E-state index contributed by atoms with van der Waals surface area (Å²) in [7, 11) is 0. The third kappa shape index (κ3) is 1.92. The molecule has 2 unspecified atom stereocenters. The highest BCUT2D eigenvalue weighted by Crippen LogP contribution is 2.22. The van der Waals surface area contributed by atoms with Crippen LogP contribution in [0.15, 0.2) is 0 Å². The lowest BCUT2D eigenvalue weighted by Gasteiger charge is -2.39. The van der Waals surface area contributed by atoms with Crippen LogP contribution in [0.4, 0.5) is 0 Å². The second-order valence-corrected chi connectivity index (χ2v) is 3.42. The Morgan fingerprint density at radius 2 is 1.64 bits per heavy atom. The summed E-state index contributed by atoms with van der Waals surface area (Å²) in [5, 5.41) is 18.0. The summed E-state index contributed by atoms with van der Waals surface area (Å²) in [4.78, 5) is 1.75. The van der Waals surface area contributed by atoms with Crippen molar-refractivity contribution in [2.75, 3.05) is 0 Å². The van der Waals surface area contributed by atoms with E-state index in [1.54, 1.807) is 4.90 Å². The third-order valence-corrected chi connectivity index (χ3v) is 2.53. The Bertz CT molecular complexity index is 117. The second-order valence-electron chi connectivity index (χ2n) is 3.42. The van der Waals surface area contributed by atoms with Crippen molar-refractivity contribution in [3.8, 4) is 0 Å². The van der Waals surface area contributed by atoms with Gasteiger partial charge in [0, 0.05) is 12.1 Å². The molecule has 0 radical (unpaired) electrons. The predicted molar refractivity (Wildman–Crippen MR) is 42.8 cm³/mol. The van der Waals surface area contributed by atoms with E-state index in [1.807, 2.05) is 13.8 Å². The van der Waals surface area contributed by atoms with Crippen molar-refractivity contribution >= 4 is 0 Å². The number of rotatable bonds is 1. The Morgan fingerprint density at radius 1 is 1.18 bits per heavy atom. The maximum atomic E-state index is 9.00. The second kappa shape index (κ2) is 3.52. The van der Waals surface area contributed by atoms with Crippen LogP contribution >= 0.6 is 0 Å². The molecule has 0 saturated carbocycles. The summed E-state index contributed by atoms with van der Waals surface area (Å²) < 4.78 is 0. The molecule has 0 aliphatic carbocycles. The van der Waals surface area contributed by atoms with Gasteiger partial charge in [0.05, 0.1) is 0 Å². The van der Waals surface area contributed by atoms with Crippen molar-refractivity contribution in [3.05, 3.63) is 0 Å². The van der Waals surface area contributed by atoms with E-state index in [-0.39, 0.29) is 0 Å². The van der Waals surface area contributed by atoms with E-state index in [1.165, 1.54) is 6.42 Å². The Labute approximate surface area is 67.6 Å². The highest BCUT2D eigenvalue weighted by Gasteiger charge is 2.28. The Balaban J connectivity index is 2.55. The summed E-state index contributed by atoms with van der Waals surface area (Å²) in [5.74, 6) is 0. The van der Waals surface area contributed by atoms with Crippen LogP contribution < -0.4 is 0 Å². The first-order chi connectivity index (χ1) is 5.13. The van der Waals surface area contributed by atoms with Crippen LogP contribution in [0.3, 0.4) is 0 Å². The Morgan fingerprint density at radius 3 is 1.91 bits per heavy atom. The molecule has 1 aliphatic heterocycles. The van der Waals surface area contributed by atoms with Gasteiger partial charge in [-0.1, -0.05) is 6.42 Å². The molecule has 0 spiro atoms. The molecule has 11 heavy (non-hydrogen) atoms. The van der Waals surface area contributed by atoms with E-state index in [4.69, 9.17) is 10.2 Å². The molecule has 3 heteroatoms. The van der Waals surface area contributed by atoms with Crippen molar-refractivity contribution in [1.29, 1.82) is 0 Å². The maximum Gasteiger partial charge on any atom is 0.214 e. The van der Waals surface area contributed by atoms with E-state index >= 15 is 0 Å². The van der Waals surface area contributed by atoms with Gasteiger partial charge in [0.2, 0.25) is 6.41 Å². The number of hydrogen-bond acceptors (Lipinski definition) is 3. The topological polar surface area (TPSA) is 43.7 Å². The van der Waals surface area contributed by atoms with Gasteiger partial charge in [-0.05, 0) is 26.7 Å². The molecule has 0 bridgehead atoms. The zero-order chi connectivity index (χ0) is 8.43. The molecule has 0 amide bonds. The average molecular weight is 159 g/mol. The molecule has 1 saturated heterocycles. The van der Waals surface area contributed by atoms with Crippen molar-refractivity contribution in [2.45, 2.75) is 51.6 Å². The van der Waals surface area contributed by atoms with Crippen molar-refractivity contribution in [3.63, 3.8) is 0 Å². The predicted octanol–water partition coefficient (Wildman–Crippen LogP) is 0.518. The van der Waals surface area contributed by atoms with Gasteiger partial charge in [-0.15, -0.1) is 0 Å². The van der Waals surface area contributed by atoms with Gasteiger partial charge in [-0.3, -0.25) is 4.90 Å². The van der Waals surface area contributed by atoms with Crippen LogP contribution in [0.2, 0.25) is 0 Å². The number of aliphatic hydroxyl groups is 2. The minimum atomic E-state index is -1.28. The molecule has 0 aromatic rings. The molecule has 1 aliphatic rings. The molecule has 0 aromatic carbocycles. The first-order valence-electron chi connectivity index (χ1n) is 4.26. The largest absolute Gasteiger partial charge is 0.356 e. The average Bonchev–Trinajstić information content (AvgIpc) is 1.85. The van der Waals surface area contributed by atoms with E-state index < -0.39 is 6.41 Å². The molecular weight excluding hydrogens is 142 g/mol. The summed E-state index contributed by atoms with van der Waals surface area (Å²) in [6.07, 6.45) is 2.07. The van der Waals surface area contributed by atoms with Gasteiger partial charge in [-0.2, -0.15) is 0 Å². The monoisotopic (exact) mass is 159 g/mol. The fourth-order valence-electron chi connectivity index (χ4n) is 1.90. The normalized spacial score (nSPS) is 34.6. The summed E-state index contributed by atoms with van der Waals surface area (Å²) in [5.41, 5.74) is 0. The van der Waals surface area contributed by atoms with Gasteiger partial charge < -0.3 is 10.2 Å². The number of hydrogen-bond donors (Lipinski definition) is 2. The fourth-order valence-corrected chi connectivity index (χ4v) is 1.90. The molecule has 66 valence electrons. The maximum absolute atomic E-state index is 9.00. The molecule has 0 aromatic heterocycles. The molecule has 2 atom stereocenters. The molecular formula is C8H17NO2. The molecule has 3 nitrogen and oxygen atoms in total. The number of piperidine rings is 1. The van der Waals surface area contributed by atoms with E-state index in [0.29, 0.717) is 12.1 Å². The van der Waals surface area contributed by atoms with Crippen molar-refractivity contribution in [2.24, 2.45) is 0 Å². The van der Waals surface area contributed by atoms with Crippen LogP contribution in [-0.4, -0.2) is 33.6 Å². The Kier molecular flexibility index (Phi) is 2.87. The Hall–Kier alpha value is -0.120. The summed E-state index contributed by atoms with van der Waals surface area (Å²) in [6.45, 7) is 4.07. The quantitative estimate of drug-likeness (QED) is 0.548. The minimum absolute atomic E-state index is 0.304. The first-order valence-corrected chi connectivity index (χ1v) is 4.26. The highest BCUT2D eigenvalue weighted by molar-refractivity contribution is 4.78. The van der Waals surface area contributed by atoms with Crippen LogP contribution in [-0.2, 0) is 0 Å². The highest BCUT2D eigenvalue weighted by atomic mass is 16.5. The molecule has 1 rings (SSSR count). The zero-order valence-electron chi connectivity index (χ0n) is 7.20. The van der Waals surface area contributed by atoms with Gasteiger partial charge in [-0.25, -0.2) is 0 Å². The van der Waals surface area contributed by atoms with Crippen LogP contribution in [0, 0.1) is 0 Å². The number of likely N-dealkylation sites (tertiary alicyclic amines) is 1. The molecule has 1 fully saturated rings. The third-order valence-electron chi connectivity index (χ3n) is 2.53. The number of aliphatic hydroxyl groups excluding tert-OH is 1. The van der Waals surface area contributed by atoms with Crippen molar-refractivity contribution < 1.29 is 10.2 Å². The van der Waals surface area contributed by atoms with E-state index in [9.17, 15) is 0 Å². The molecule has 1 heterocycles. The fraction of sp³-hybridized carbons (Fsp3) is 1.00. The zero-order valence-corrected chi connectivity index (χ0v) is 7.20. The lowest BCUT2D eigenvalue weighted by atomic mass is 9.98. The van der Waals surface area contributed by atoms with Gasteiger partial charge in [0.15, 0.2) is 0 Å². The van der Waals surface area contributed by atoms with Gasteiger partial charge in [0.25, 0.3) is 0 Å². The minimum Gasteiger partial charge on any atom is -0.356 e. The summed E-state index contributed by atoms with van der Waals surface area (Å²) >= 11 is 0. The number of nitrogens with zero attached hydrogens (tertiary/aromatic N) is 1. The standard InChI is InChI=1S/C8H17NO2/c1-6-4-3-5-7(2)9(6)8(10)11/h6-8,10-11H,3-5H2,1-2H3. The molecule has 2 N–H and O–H groups in total. The van der Waals surface area contributed by atoms with E-state index in [0.717, 1.165) is 12.8 Å². The van der Waals surface area contributed by atoms with Crippen LogP contribution in [0.1, 0.15) is 33.1 Å². The smallest absolute Gasteiger partial charge is 0.214 e. The SMILES string of the molecule is CC1CCCC(C)N1C(O)O. The van der Waals surface area contributed by atoms with Gasteiger partial charge >= 0.3 is 0 Å². The lowest BCUT2D eigenvalue weighted by Crippen LogP contribution is -2.49. The van der Waals surface area contributed by atoms with E-state index in [2.05, 4.69) is 0 Å². The van der Waals surface area contributed by atoms with Crippen LogP contribution in [0.5, 0.6) is 0 Å². The lowest BCUT2D eigenvalue weighted by molar-refractivity contribution is -0.190.